The molecule has 1 saturated carbocycles. The predicted octanol–water partition coefficient (Wildman–Crippen LogP) is 2.77. The Balaban J connectivity index is 1.61. The summed E-state index contributed by atoms with van der Waals surface area (Å²) in [6, 6.07) is 8.68. The van der Waals surface area contributed by atoms with Crippen LogP contribution < -0.4 is 10.1 Å². The van der Waals surface area contributed by atoms with Gasteiger partial charge in [0.15, 0.2) is 0 Å². The smallest absolute Gasteiger partial charge is 0.119 e. The van der Waals surface area contributed by atoms with E-state index < -0.39 is 0 Å². The molecule has 2 fully saturated rings. The highest BCUT2D eigenvalue weighted by Crippen LogP contribution is 2.26. The lowest BCUT2D eigenvalue weighted by Crippen LogP contribution is -2.24. The van der Waals surface area contributed by atoms with Gasteiger partial charge in [-0.25, -0.2) is 0 Å². The van der Waals surface area contributed by atoms with E-state index in [4.69, 9.17) is 4.74 Å². The van der Waals surface area contributed by atoms with Gasteiger partial charge in [0.05, 0.1) is 6.10 Å². The van der Waals surface area contributed by atoms with Crippen LogP contribution in [0.2, 0.25) is 0 Å². The van der Waals surface area contributed by atoms with Crippen molar-refractivity contribution in [3.63, 3.8) is 0 Å². The van der Waals surface area contributed by atoms with Gasteiger partial charge < -0.3 is 10.1 Å². The van der Waals surface area contributed by atoms with Gasteiger partial charge in [-0.2, -0.15) is 0 Å². The SMILES string of the molecule is c1cc(CC2CCNC2)cc(OC2CCC2)c1. The molecule has 1 saturated heterocycles. The normalized spacial score (nSPS) is 24.6. The van der Waals surface area contributed by atoms with Crippen molar-refractivity contribution in [2.45, 2.75) is 38.2 Å². The summed E-state index contributed by atoms with van der Waals surface area (Å²) in [5, 5.41) is 3.43. The topological polar surface area (TPSA) is 21.3 Å². The molecule has 1 heterocycles. The highest BCUT2D eigenvalue weighted by molar-refractivity contribution is 5.29. The fraction of sp³-hybridized carbons (Fsp3) is 0.600. The van der Waals surface area contributed by atoms with Crippen LogP contribution in [0.15, 0.2) is 24.3 Å². The Bertz CT molecular complexity index is 367. The first kappa shape index (κ1) is 11.1. The molecular formula is C15H21NO. The lowest BCUT2D eigenvalue weighted by molar-refractivity contribution is 0.120. The number of rotatable bonds is 4. The second-order valence-electron chi connectivity index (χ2n) is 5.38. The summed E-state index contributed by atoms with van der Waals surface area (Å²) in [6.07, 6.45) is 6.78. The van der Waals surface area contributed by atoms with Crippen LogP contribution in [0.5, 0.6) is 5.75 Å². The molecule has 1 unspecified atom stereocenters. The van der Waals surface area contributed by atoms with E-state index in [0.717, 1.165) is 11.7 Å². The summed E-state index contributed by atoms with van der Waals surface area (Å²) in [5.41, 5.74) is 1.43. The molecule has 17 heavy (non-hydrogen) atoms. The maximum Gasteiger partial charge on any atom is 0.119 e. The number of nitrogens with one attached hydrogen (secondary N) is 1. The third kappa shape index (κ3) is 2.81. The van der Waals surface area contributed by atoms with Gasteiger partial charge in [-0.05, 0) is 68.8 Å². The maximum absolute atomic E-state index is 5.94. The van der Waals surface area contributed by atoms with E-state index >= 15 is 0 Å². The standard InChI is InChI=1S/C15H21NO/c1-3-12(9-13-7-8-16-11-13)10-15(6-1)17-14-4-2-5-14/h1,3,6,10,13-14,16H,2,4-5,7-9,11H2. The second-order valence-corrected chi connectivity index (χ2v) is 5.38. The Morgan fingerprint density at radius 3 is 2.88 bits per heavy atom. The molecule has 0 spiro atoms. The van der Waals surface area contributed by atoms with Gasteiger partial charge in [0, 0.05) is 0 Å². The molecule has 1 atom stereocenters. The van der Waals surface area contributed by atoms with E-state index in [1.54, 1.807) is 0 Å². The zero-order valence-corrected chi connectivity index (χ0v) is 10.3. The highest BCUT2D eigenvalue weighted by atomic mass is 16.5. The Morgan fingerprint density at radius 1 is 1.24 bits per heavy atom. The average Bonchev–Trinajstić information content (AvgIpc) is 2.77. The zero-order chi connectivity index (χ0) is 11.5. The van der Waals surface area contributed by atoms with Crippen LogP contribution >= 0.6 is 0 Å². The molecule has 1 N–H and O–H groups in total. The highest BCUT2D eigenvalue weighted by Gasteiger charge is 2.19. The molecule has 1 aliphatic carbocycles. The molecule has 0 aromatic heterocycles. The van der Waals surface area contributed by atoms with Gasteiger partial charge in [0.25, 0.3) is 0 Å². The quantitative estimate of drug-likeness (QED) is 0.860. The van der Waals surface area contributed by atoms with Crippen molar-refractivity contribution in [2.75, 3.05) is 13.1 Å². The van der Waals surface area contributed by atoms with Crippen LogP contribution in [0.1, 0.15) is 31.2 Å². The molecular weight excluding hydrogens is 210 g/mol. The first-order chi connectivity index (χ1) is 8.40. The van der Waals surface area contributed by atoms with Crippen molar-refractivity contribution in [1.29, 1.82) is 0 Å². The van der Waals surface area contributed by atoms with Crippen molar-refractivity contribution in [3.05, 3.63) is 29.8 Å². The van der Waals surface area contributed by atoms with Crippen molar-refractivity contribution < 1.29 is 4.74 Å². The van der Waals surface area contributed by atoms with E-state index in [9.17, 15) is 0 Å². The van der Waals surface area contributed by atoms with E-state index in [2.05, 4.69) is 29.6 Å². The summed E-state index contributed by atoms with van der Waals surface area (Å²) < 4.78 is 5.94. The number of hydrogen-bond donors (Lipinski definition) is 1. The Morgan fingerprint density at radius 2 is 2.18 bits per heavy atom. The molecule has 92 valence electrons. The van der Waals surface area contributed by atoms with Gasteiger partial charge >= 0.3 is 0 Å². The van der Waals surface area contributed by atoms with Crippen LogP contribution in [0.25, 0.3) is 0 Å². The minimum Gasteiger partial charge on any atom is -0.490 e. The number of ether oxygens (including phenoxy) is 1. The average molecular weight is 231 g/mol. The van der Waals surface area contributed by atoms with Crippen LogP contribution in [0.3, 0.4) is 0 Å². The number of hydrogen-bond acceptors (Lipinski definition) is 2. The second kappa shape index (κ2) is 5.09. The Hall–Kier alpha value is -1.02. The molecule has 2 heteroatoms. The summed E-state index contributed by atoms with van der Waals surface area (Å²) in [4.78, 5) is 0. The zero-order valence-electron chi connectivity index (χ0n) is 10.3. The van der Waals surface area contributed by atoms with Gasteiger partial charge in [-0.15, -0.1) is 0 Å². The lowest BCUT2D eigenvalue weighted by Gasteiger charge is -2.26. The molecule has 0 radical (unpaired) electrons. The minimum absolute atomic E-state index is 0.485. The third-order valence-corrected chi connectivity index (χ3v) is 3.94. The predicted molar refractivity (Wildman–Crippen MR) is 69.4 cm³/mol. The molecule has 2 aliphatic rings. The molecule has 3 rings (SSSR count). The Kier molecular flexibility index (Phi) is 3.32. The molecule has 0 bridgehead atoms. The van der Waals surface area contributed by atoms with Crippen LogP contribution in [0, 0.1) is 5.92 Å². The molecule has 0 amide bonds. The van der Waals surface area contributed by atoms with Gasteiger partial charge in [0.1, 0.15) is 5.75 Å². The minimum atomic E-state index is 0.485. The molecule has 1 aromatic rings. The van der Waals surface area contributed by atoms with Crippen molar-refractivity contribution in [3.8, 4) is 5.75 Å². The third-order valence-electron chi connectivity index (χ3n) is 3.94. The van der Waals surface area contributed by atoms with Crippen molar-refractivity contribution >= 4 is 0 Å². The fourth-order valence-corrected chi connectivity index (χ4v) is 2.65. The van der Waals surface area contributed by atoms with Gasteiger partial charge in [-0.3, -0.25) is 0 Å². The van der Waals surface area contributed by atoms with Gasteiger partial charge in [-0.1, -0.05) is 12.1 Å². The summed E-state index contributed by atoms with van der Waals surface area (Å²) in [7, 11) is 0. The monoisotopic (exact) mass is 231 g/mol. The first-order valence-corrected chi connectivity index (χ1v) is 6.86. The molecule has 2 nitrogen and oxygen atoms in total. The molecule has 1 aliphatic heterocycles. The van der Waals surface area contributed by atoms with E-state index in [1.165, 1.54) is 50.8 Å². The lowest BCUT2D eigenvalue weighted by atomic mass is 9.96. The first-order valence-electron chi connectivity index (χ1n) is 6.86. The van der Waals surface area contributed by atoms with E-state index in [-0.39, 0.29) is 0 Å². The van der Waals surface area contributed by atoms with Crippen LogP contribution in [-0.2, 0) is 6.42 Å². The molecule has 1 aromatic carbocycles. The number of benzene rings is 1. The van der Waals surface area contributed by atoms with Crippen molar-refractivity contribution in [2.24, 2.45) is 5.92 Å². The van der Waals surface area contributed by atoms with Crippen LogP contribution in [-0.4, -0.2) is 19.2 Å². The maximum atomic E-state index is 5.94. The Labute approximate surface area is 103 Å². The fourth-order valence-electron chi connectivity index (χ4n) is 2.65. The van der Waals surface area contributed by atoms with Crippen LogP contribution in [0.4, 0.5) is 0 Å². The van der Waals surface area contributed by atoms with E-state index in [0.29, 0.717) is 6.10 Å². The summed E-state index contributed by atoms with van der Waals surface area (Å²) >= 11 is 0. The largest absolute Gasteiger partial charge is 0.490 e. The summed E-state index contributed by atoms with van der Waals surface area (Å²) in [5.74, 6) is 1.88. The van der Waals surface area contributed by atoms with E-state index in [1.807, 2.05) is 0 Å². The van der Waals surface area contributed by atoms with Gasteiger partial charge in [0.2, 0.25) is 0 Å². The van der Waals surface area contributed by atoms with Crippen molar-refractivity contribution in [1.82, 2.24) is 5.32 Å². The summed E-state index contributed by atoms with van der Waals surface area (Å²) in [6.45, 7) is 2.36.